The van der Waals surface area contributed by atoms with Crippen LogP contribution in [-0.4, -0.2) is 20.7 Å². The van der Waals surface area contributed by atoms with Crippen LogP contribution in [0.15, 0.2) is 54.9 Å². The van der Waals surface area contributed by atoms with E-state index in [-0.39, 0.29) is 23.5 Å². The van der Waals surface area contributed by atoms with E-state index in [2.05, 4.69) is 20.7 Å². The fraction of sp³-hybridized carbons (Fsp3) is 0.167. The number of amides is 1. The number of rotatable bonds is 5. The van der Waals surface area contributed by atoms with Gasteiger partial charge in [-0.05, 0) is 38.1 Å². The van der Waals surface area contributed by atoms with Crippen molar-refractivity contribution < 1.29 is 9.18 Å². The number of carbonyl (C=O) groups is 1. The minimum atomic E-state index is -0.419. The summed E-state index contributed by atoms with van der Waals surface area (Å²) >= 11 is 0. The summed E-state index contributed by atoms with van der Waals surface area (Å²) in [6.45, 7) is 3.94. The Kier molecular flexibility index (Phi) is 4.74. The van der Waals surface area contributed by atoms with Gasteiger partial charge in [0.25, 0.3) is 5.91 Å². The van der Waals surface area contributed by atoms with E-state index >= 15 is 0 Å². The van der Waals surface area contributed by atoms with E-state index in [0.29, 0.717) is 11.4 Å². The molecule has 0 fully saturated rings. The molecule has 3 aromatic rings. The first-order valence-electron chi connectivity index (χ1n) is 7.87. The van der Waals surface area contributed by atoms with Gasteiger partial charge < -0.3 is 10.6 Å². The summed E-state index contributed by atoms with van der Waals surface area (Å²) in [6, 6.07) is 11.3. The highest BCUT2D eigenvalue weighted by molar-refractivity contribution is 6.07. The summed E-state index contributed by atoms with van der Waals surface area (Å²) in [5, 5.41) is 9.87. The van der Waals surface area contributed by atoms with Gasteiger partial charge in [-0.1, -0.05) is 12.1 Å². The van der Waals surface area contributed by atoms with Crippen LogP contribution in [0.4, 0.5) is 21.7 Å². The zero-order valence-electron chi connectivity index (χ0n) is 13.9. The molecule has 0 aliphatic heterocycles. The van der Waals surface area contributed by atoms with Crippen molar-refractivity contribution in [1.82, 2.24) is 14.8 Å². The van der Waals surface area contributed by atoms with Gasteiger partial charge in [0.05, 0.1) is 17.4 Å². The second-order valence-electron chi connectivity index (χ2n) is 5.71. The molecule has 0 aliphatic carbocycles. The van der Waals surface area contributed by atoms with Crippen LogP contribution in [-0.2, 0) is 0 Å². The average molecular weight is 339 g/mol. The Morgan fingerprint density at radius 1 is 1.12 bits per heavy atom. The molecule has 6 nitrogen and oxygen atoms in total. The molecule has 2 heterocycles. The van der Waals surface area contributed by atoms with Gasteiger partial charge in [0, 0.05) is 18.3 Å². The lowest BCUT2D eigenvalue weighted by Crippen LogP contribution is -2.18. The Morgan fingerprint density at radius 3 is 2.68 bits per heavy atom. The molecule has 128 valence electrons. The van der Waals surface area contributed by atoms with Gasteiger partial charge in [0.15, 0.2) is 0 Å². The highest BCUT2D eigenvalue weighted by Gasteiger charge is 2.16. The van der Waals surface area contributed by atoms with Crippen LogP contribution in [0.5, 0.6) is 0 Å². The van der Waals surface area contributed by atoms with Crippen LogP contribution in [0.25, 0.3) is 0 Å². The summed E-state index contributed by atoms with van der Waals surface area (Å²) < 4.78 is 15.6. The summed E-state index contributed by atoms with van der Waals surface area (Å²) in [5.74, 6) is 0.0909. The molecule has 25 heavy (non-hydrogen) atoms. The molecular weight excluding hydrogens is 321 g/mol. The third-order valence-electron chi connectivity index (χ3n) is 3.58. The smallest absolute Gasteiger partial charge is 0.260 e. The number of para-hydroxylation sites is 1. The predicted octanol–water partition coefficient (Wildman–Crippen LogP) is 3.99. The molecule has 0 spiro atoms. The Hall–Kier alpha value is -3.22. The van der Waals surface area contributed by atoms with Gasteiger partial charge in [-0.15, -0.1) is 0 Å². The number of aromatic nitrogens is 3. The molecular formula is C18H18FN5O. The second kappa shape index (κ2) is 7.12. The SMILES string of the molecule is CC(C)n1nccc1NC(=O)c1cccnc1Nc1ccccc1F. The summed E-state index contributed by atoms with van der Waals surface area (Å²) in [4.78, 5) is 16.8. The highest BCUT2D eigenvalue weighted by atomic mass is 19.1. The molecule has 0 saturated carbocycles. The quantitative estimate of drug-likeness (QED) is 0.737. The number of carbonyl (C=O) groups excluding carboxylic acids is 1. The van der Waals surface area contributed by atoms with E-state index < -0.39 is 5.82 Å². The highest BCUT2D eigenvalue weighted by Crippen LogP contribution is 2.22. The second-order valence-corrected chi connectivity index (χ2v) is 5.71. The van der Waals surface area contributed by atoms with Gasteiger partial charge >= 0.3 is 0 Å². The topological polar surface area (TPSA) is 71.8 Å². The van der Waals surface area contributed by atoms with Crippen molar-refractivity contribution in [2.24, 2.45) is 0 Å². The molecule has 0 saturated heterocycles. The first-order chi connectivity index (χ1) is 12.1. The fourth-order valence-corrected chi connectivity index (χ4v) is 2.39. The van der Waals surface area contributed by atoms with Crippen molar-refractivity contribution in [3.8, 4) is 0 Å². The van der Waals surface area contributed by atoms with Crippen molar-refractivity contribution in [2.45, 2.75) is 19.9 Å². The maximum Gasteiger partial charge on any atom is 0.260 e. The normalized spacial score (nSPS) is 10.7. The Labute approximate surface area is 144 Å². The van der Waals surface area contributed by atoms with E-state index in [4.69, 9.17) is 0 Å². The van der Waals surface area contributed by atoms with E-state index in [1.165, 1.54) is 6.07 Å². The number of hydrogen-bond acceptors (Lipinski definition) is 4. The number of pyridine rings is 1. The van der Waals surface area contributed by atoms with E-state index in [1.54, 1.807) is 53.5 Å². The third-order valence-corrected chi connectivity index (χ3v) is 3.58. The van der Waals surface area contributed by atoms with Crippen molar-refractivity contribution in [3.63, 3.8) is 0 Å². The van der Waals surface area contributed by atoms with Crippen LogP contribution in [0.1, 0.15) is 30.2 Å². The number of nitrogens with zero attached hydrogens (tertiary/aromatic N) is 3. The van der Waals surface area contributed by atoms with Crippen molar-refractivity contribution in [3.05, 3.63) is 66.2 Å². The zero-order valence-corrected chi connectivity index (χ0v) is 13.9. The van der Waals surface area contributed by atoms with Crippen LogP contribution in [0.3, 0.4) is 0 Å². The first-order valence-corrected chi connectivity index (χ1v) is 7.87. The largest absolute Gasteiger partial charge is 0.337 e. The molecule has 0 atom stereocenters. The average Bonchev–Trinajstić information content (AvgIpc) is 3.06. The maximum absolute atomic E-state index is 13.9. The number of halogens is 1. The van der Waals surface area contributed by atoms with E-state index in [1.807, 2.05) is 13.8 Å². The Morgan fingerprint density at radius 2 is 1.92 bits per heavy atom. The zero-order chi connectivity index (χ0) is 17.8. The molecule has 0 aliphatic rings. The standard InChI is InChI=1S/C18H18FN5O/c1-12(2)24-16(9-11-21-24)23-18(25)13-6-5-10-20-17(13)22-15-8-4-3-7-14(15)19/h3-12H,1-2H3,(H,20,22)(H,23,25). The first kappa shape index (κ1) is 16.6. The molecule has 0 radical (unpaired) electrons. The van der Waals surface area contributed by atoms with Crippen molar-refractivity contribution in [2.75, 3.05) is 10.6 Å². The predicted molar refractivity (Wildman–Crippen MR) is 94.5 cm³/mol. The maximum atomic E-state index is 13.9. The number of anilines is 3. The molecule has 1 aromatic carbocycles. The monoisotopic (exact) mass is 339 g/mol. The summed E-state index contributed by atoms with van der Waals surface area (Å²) in [5.41, 5.74) is 0.560. The molecule has 0 unspecified atom stereocenters. The van der Waals surface area contributed by atoms with Gasteiger partial charge in [0.1, 0.15) is 17.5 Å². The van der Waals surface area contributed by atoms with Crippen LogP contribution >= 0.6 is 0 Å². The third kappa shape index (κ3) is 3.65. The lowest BCUT2D eigenvalue weighted by Gasteiger charge is -2.14. The number of hydrogen-bond donors (Lipinski definition) is 2. The Balaban J connectivity index is 1.86. The van der Waals surface area contributed by atoms with E-state index in [0.717, 1.165) is 0 Å². The van der Waals surface area contributed by atoms with Crippen LogP contribution < -0.4 is 10.6 Å². The van der Waals surface area contributed by atoms with Gasteiger partial charge in [-0.25, -0.2) is 14.1 Å². The lowest BCUT2D eigenvalue weighted by atomic mass is 10.2. The van der Waals surface area contributed by atoms with Crippen LogP contribution in [0, 0.1) is 5.82 Å². The van der Waals surface area contributed by atoms with E-state index in [9.17, 15) is 9.18 Å². The fourth-order valence-electron chi connectivity index (χ4n) is 2.39. The summed E-state index contributed by atoms with van der Waals surface area (Å²) in [6.07, 6.45) is 3.16. The molecule has 3 rings (SSSR count). The van der Waals surface area contributed by atoms with Gasteiger partial charge in [-0.2, -0.15) is 5.10 Å². The molecule has 7 heteroatoms. The van der Waals surface area contributed by atoms with Crippen molar-refractivity contribution >= 4 is 23.2 Å². The van der Waals surface area contributed by atoms with Gasteiger partial charge in [0.2, 0.25) is 0 Å². The number of nitrogens with one attached hydrogen (secondary N) is 2. The molecule has 2 N–H and O–H groups in total. The minimum absolute atomic E-state index is 0.107. The molecule has 0 bridgehead atoms. The number of benzene rings is 1. The van der Waals surface area contributed by atoms with Crippen molar-refractivity contribution in [1.29, 1.82) is 0 Å². The molecule has 1 amide bonds. The Bertz CT molecular complexity index is 890. The van der Waals surface area contributed by atoms with Gasteiger partial charge in [-0.3, -0.25) is 4.79 Å². The minimum Gasteiger partial charge on any atom is -0.337 e. The molecule has 2 aromatic heterocycles. The summed E-state index contributed by atoms with van der Waals surface area (Å²) in [7, 11) is 0. The van der Waals surface area contributed by atoms with Crippen LogP contribution in [0.2, 0.25) is 0 Å². The lowest BCUT2D eigenvalue weighted by molar-refractivity contribution is 0.102.